The van der Waals surface area contributed by atoms with Crippen LogP contribution in [0.3, 0.4) is 0 Å². The van der Waals surface area contributed by atoms with Crippen LogP contribution in [-0.2, 0) is 4.79 Å². The Morgan fingerprint density at radius 3 is 2.92 bits per heavy atom. The van der Waals surface area contributed by atoms with E-state index in [2.05, 4.69) is 45.2 Å². The zero-order chi connectivity index (χ0) is 9.68. The molecule has 0 N–H and O–H groups in total. The first-order valence-electron chi connectivity index (χ1n) is 4.29. The average Bonchev–Trinajstić information content (AvgIpc) is 2.52. The van der Waals surface area contributed by atoms with E-state index in [1.54, 1.807) is 0 Å². The van der Waals surface area contributed by atoms with Gasteiger partial charge < -0.3 is 4.90 Å². The van der Waals surface area contributed by atoms with E-state index in [4.69, 9.17) is 0 Å². The molecule has 5 heteroatoms. The van der Waals surface area contributed by atoms with E-state index in [1.807, 2.05) is 16.7 Å². The molecule has 1 rings (SSSR count). The fourth-order valence-corrected chi connectivity index (χ4v) is 3.43. The maximum Gasteiger partial charge on any atom is 0.223 e. The van der Waals surface area contributed by atoms with Crippen LogP contribution < -0.4 is 0 Å². The highest BCUT2D eigenvalue weighted by Crippen LogP contribution is 2.18. The number of alkyl halides is 2. The summed E-state index contributed by atoms with van der Waals surface area (Å²) in [6.45, 7) is 1.94. The Kier molecular flexibility index (Phi) is 6.37. The highest BCUT2D eigenvalue weighted by Gasteiger charge is 2.23. The summed E-state index contributed by atoms with van der Waals surface area (Å²) in [5, 5.41) is 0. The minimum Gasteiger partial charge on any atom is -0.342 e. The van der Waals surface area contributed by atoms with E-state index >= 15 is 0 Å². The smallest absolute Gasteiger partial charge is 0.223 e. The molecule has 1 fully saturated rings. The van der Waals surface area contributed by atoms with Crippen molar-refractivity contribution in [2.24, 2.45) is 0 Å². The second-order valence-electron chi connectivity index (χ2n) is 2.99. The van der Waals surface area contributed by atoms with Gasteiger partial charge in [0.25, 0.3) is 0 Å². The Hall–Kier alpha value is 1.28. The predicted molar refractivity (Wildman–Crippen MR) is 75.0 cm³/mol. The van der Waals surface area contributed by atoms with Gasteiger partial charge in [-0.25, -0.2) is 0 Å². The van der Waals surface area contributed by atoms with Crippen LogP contribution in [0.4, 0.5) is 0 Å². The molecule has 1 amide bonds. The van der Waals surface area contributed by atoms with E-state index in [0.717, 1.165) is 29.0 Å². The number of carbonyl (C=O) groups is 1. The van der Waals surface area contributed by atoms with Crippen LogP contribution in [0.25, 0.3) is 0 Å². The van der Waals surface area contributed by atoms with Crippen LogP contribution in [0.15, 0.2) is 0 Å². The number of hydrogen-bond acceptors (Lipinski definition) is 2. The molecule has 0 spiro atoms. The molecule has 0 aromatic heterocycles. The number of hydrogen-bond donors (Lipinski definition) is 0. The molecule has 0 aromatic rings. The van der Waals surface area contributed by atoms with Gasteiger partial charge in [0.1, 0.15) is 0 Å². The maximum absolute atomic E-state index is 11.6. The number of carbonyl (C=O) groups excluding carboxylic acids is 1. The van der Waals surface area contributed by atoms with E-state index < -0.39 is 0 Å². The molecule has 76 valence electrons. The molecule has 0 aromatic carbocycles. The normalized spacial score (nSPS) is 22.3. The van der Waals surface area contributed by atoms with Gasteiger partial charge in [-0.3, -0.25) is 4.79 Å². The number of amides is 1. The highest BCUT2D eigenvalue weighted by atomic mass is 127. The molecule has 1 atom stereocenters. The monoisotopic (exact) mass is 425 g/mol. The number of likely N-dealkylation sites (tertiary alicyclic amines) is 1. The molecule has 1 unspecified atom stereocenters. The van der Waals surface area contributed by atoms with Gasteiger partial charge in [0.15, 0.2) is 0 Å². The number of rotatable bonds is 4. The summed E-state index contributed by atoms with van der Waals surface area (Å²) in [7, 11) is 0. The lowest BCUT2D eigenvalue weighted by Crippen LogP contribution is -2.28. The first-order valence-corrected chi connectivity index (χ1v) is 8.22. The summed E-state index contributed by atoms with van der Waals surface area (Å²) >= 11 is 6.58. The number of halogens is 2. The largest absolute Gasteiger partial charge is 0.342 e. The van der Waals surface area contributed by atoms with E-state index in [0.29, 0.717) is 9.83 Å². The SMILES string of the molecule is O=C(CCSCI)N1CCC(I)C1. The molecular weight excluding hydrogens is 412 g/mol. The molecule has 1 aliphatic rings. The van der Waals surface area contributed by atoms with Crippen LogP contribution in [0, 0.1) is 0 Å². The molecular formula is C8H13I2NOS. The van der Waals surface area contributed by atoms with Crippen molar-refractivity contribution in [1.82, 2.24) is 4.90 Å². The van der Waals surface area contributed by atoms with E-state index in [9.17, 15) is 4.79 Å². The summed E-state index contributed by atoms with van der Waals surface area (Å²) in [5.74, 6) is 1.32. The molecule has 0 saturated carbocycles. The quantitative estimate of drug-likeness (QED) is 0.392. The molecule has 1 saturated heterocycles. The maximum atomic E-state index is 11.6. The third-order valence-electron chi connectivity index (χ3n) is 2.02. The third-order valence-corrected chi connectivity index (χ3v) is 5.01. The molecule has 2 nitrogen and oxygen atoms in total. The van der Waals surface area contributed by atoms with Crippen molar-refractivity contribution in [1.29, 1.82) is 0 Å². The van der Waals surface area contributed by atoms with Crippen molar-refractivity contribution >= 4 is 62.9 Å². The second-order valence-corrected chi connectivity index (χ2v) is 7.66. The van der Waals surface area contributed by atoms with Gasteiger partial charge in [-0.15, -0.1) is 0 Å². The summed E-state index contributed by atoms with van der Waals surface area (Å²) < 4.78 is 1.76. The minimum absolute atomic E-state index is 0.344. The lowest BCUT2D eigenvalue weighted by Gasteiger charge is -2.14. The van der Waals surface area contributed by atoms with Gasteiger partial charge in [-0.2, -0.15) is 11.8 Å². The first kappa shape index (κ1) is 12.4. The van der Waals surface area contributed by atoms with Gasteiger partial charge in [-0.1, -0.05) is 45.2 Å². The summed E-state index contributed by atoms with van der Waals surface area (Å²) in [5.41, 5.74) is 0. The number of nitrogens with zero attached hydrogens (tertiary/aromatic N) is 1. The van der Waals surface area contributed by atoms with Crippen molar-refractivity contribution in [3.63, 3.8) is 0 Å². The zero-order valence-electron chi connectivity index (χ0n) is 7.34. The molecule has 1 aliphatic heterocycles. The fourth-order valence-electron chi connectivity index (χ4n) is 1.32. The lowest BCUT2D eigenvalue weighted by molar-refractivity contribution is -0.129. The topological polar surface area (TPSA) is 20.3 Å². The molecule has 0 aliphatic carbocycles. The standard InChI is InChI=1S/C8H13I2NOS/c9-6-13-4-2-8(12)11-3-1-7(10)5-11/h7H,1-6H2. The predicted octanol–water partition coefficient (Wildman–Crippen LogP) is 2.54. The highest BCUT2D eigenvalue weighted by molar-refractivity contribution is 14.1. The molecule has 0 radical (unpaired) electrons. The Labute approximate surface area is 111 Å². The lowest BCUT2D eigenvalue weighted by atomic mass is 10.4. The van der Waals surface area contributed by atoms with Crippen molar-refractivity contribution in [3.8, 4) is 0 Å². The molecule has 1 heterocycles. The van der Waals surface area contributed by atoms with Gasteiger partial charge in [0, 0.05) is 32.9 Å². The van der Waals surface area contributed by atoms with Crippen molar-refractivity contribution < 1.29 is 4.79 Å². The zero-order valence-corrected chi connectivity index (χ0v) is 12.5. The van der Waals surface area contributed by atoms with Crippen molar-refractivity contribution in [2.45, 2.75) is 16.8 Å². The third kappa shape index (κ3) is 4.55. The van der Waals surface area contributed by atoms with Crippen LogP contribution in [-0.4, -0.2) is 37.3 Å². The van der Waals surface area contributed by atoms with Crippen molar-refractivity contribution in [2.75, 3.05) is 22.6 Å². The van der Waals surface area contributed by atoms with Crippen LogP contribution in [0.1, 0.15) is 12.8 Å². The first-order chi connectivity index (χ1) is 6.24. The summed E-state index contributed by atoms with van der Waals surface area (Å²) in [4.78, 5) is 13.6. The minimum atomic E-state index is 0.344. The van der Waals surface area contributed by atoms with Crippen LogP contribution >= 0.6 is 56.9 Å². The second kappa shape index (κ2) is 6.71. The van der Waals surface area contributed by atoms with Gasteiger partial charge in [-0.05, 0) is 6.42 Å². The van der Waals surface area contributed by atoms with Gasteiger partial charge >= 0.3 is 0 Å². The Bertz CT molecular complexity index is 180. The van der Waals surface area contributed by atoms with Crippen LogP contribution in [0.5, 0.6) is 0 Å². The average molecular weight is 425 g/mol. The van der Waals surface area contributed by atoms with Gasteiger partial charge in [0.05, 0.1) is 0 Å². The summed E-state index contributed by atoms with van der Waals surface area (Å²) in [6.07, 6.45) is 1.89. The Morgan fingerprint density at radius 1 is 1.62 bits per heavy atom. The van der Waals surface area contributed by atoms with Crippen LogP contribution in [0.2, 0.25) is 0 Å². The van der Waals surface area contributed by atoms with Crippen molar-refractivity contribution in [3.05, 3.63) is 0 Å². The fraction of sp³-hybridized carbons (Fsp3) is 0.875. The van der Waals surface area contributed by atoms with E-state index in [-0.39, 0.29) is 0 Å². The Morgan fingerprint density at radius 2 is 2.38 bits per heavy atom. The molecule has 13 heavy (non-hydrogen) atoms. The molecule has 0 bridgehead atoms. The van der Waals surface area contributed by atoms with E-state index in [1.165, 1.54) is 6.42 Å². The summed E-state index contributed by atoms with van der Waals surface area (Å²) in [6, 6.07) is 0. The number of thioether (sulfide) groups is 1. The Balaban J connectivity index is 2.16. The van der Waals surface area contributed by atoms with Gasteiger partial charge in [0.2, 0.25) is 5.91 Å².